The Labute approximate surface area is 148 Å². The van der Waals surface area contributed by atoms with Crippen molar-refractivity contribution in [2.24, 2.45) is 0 Å². The second kappa shape index (κ2) is 8.92. The lowest BCUT2D eigenvalue weighted by Crippen LogP contribution is -2.32. The monoisotopic (exact) mass is 340 g/mol. The van der Waals surface area contributed by atoms with Crippen LogP contribution in [0.25, 0.3) is 0 Å². The molecule has 0 saturated heterocycles. The van der Waals surface area contributed by atoms with Crippen molar-refractivity contribution in [3.05, 3.63) is 59.7 Å². The number of hydrogen-bond donors (Lipinski definition) is 1. The zero-order valence-corrected chi connectivity index (χ0v) is 14.9. The first-order valence-corrected chi connectivity index (χ1v) is 8.41. The molecular formula is C19H24N4O2. The first kappa shape index (κ1) is 18.6. The molecule has 2 amide bonds. The number of nitrogens with zero attached hydrogens (tertiary/aromatic N) is 3. The minimum Gasteiger partial charge on any atom is -0.350 e. The third-order valence-electron chi connectivity index (χ3n) is 4.07. The van der Waals surface area contributed by atoms with Gasteiger partial charge in [0.1, 0.15) is 0 Å². The van der Waals surface area contributed by atoms with Gasteiger partial charge in [0.2, 0.25) is 0 Å². The zero-order chi connectivity index (χ0) is 18.2. The summed E-state index contributed by atoms with van der Waals surface area (Å²) in [4.78, 5) is 34.4. The Morgan fingerprint density at radius 3 is 2.52 bits per heavy atom. The van der Waals surface area contributed by atoms with Crippen molar-refractivity contribution >= 4 is 11.8 Å². The molecule has 0 bridgehead atoms. The van der Waals surface area contributed by atoms with Crippen LogP contribution in [0.5, 0.6) is 0 Å². The maximum atomic E-state index is 12.6. The van der Waals surface area contributed by atoms with Crippen LogP contribution in [0.1, 0.15) is 46.5 Å². The summed E-state index contributed by atoms with van der Waals surface area (Å²) in [6, 6.07) is 5.53. The van der Waals surface area contributed by atoms with Gasteiger partial charge in [-0.2, -0.15) is 0 Å². The molecule has 6 heteroatoms. The van der Waals surface area contributed by atoms with Gasteiger partial charge in [-0.05, 0) is 43.5 Å². The van der Waals surface area contributed by atoms with E-state index in [2.05, 4.69) is 15.3 Å². The van der Waals surface area contributed by atoms with E-state index in [1.807, 2.05) is 26.0 Å². The highest BCUT2D eigenvalue weighted by molar-refractivity contribution is 5.99. The standard InChI is InChI=1S/C19H24N4O2/c1-4-14(2)22-18(24)16-11-17(13-21-12-16)19(25)23(3)10-7-15-5-8-20-9-6-15/h5-6,8-9,11-14H,4,7,10H2,1-3H3,(H,22,24). The molecule has 0 spiro atoms. The van der Waals surface area contributed by atoms with E-state index in [1.54, 1.807) is 30.4 Å². The SMILES string of the molecule is CCC(C)NC(=O)c1cncc(C(=O)N(C)CCc2ccncc2)c1. The van der Waals surface area contributed by atoms with Crippen LogP contribution in [0.3, 0.4) is 0 Å². The van der Waals surface area contributed by atoms with Crippen LogP contribution in [0.2, 0.25) is 0 Å². The zero-order valence-electron chi connectivity index (χ0n) is 14.9. The van der Waals surface area contributed by atoms with Crippen LogP contribution in [-0.2, 0) is 6.42 Å². The lowest BCUT2D eigenvalue weighted by Gasteiger charge is -2.17. The number of nitrogens with one attached hydrogen (secondary N) is 1. The van der Waals surface area contributed by atoms with Gasteiger partial charge in [0.05, 0.1) is 11.1 Å². The molecule has 0 fully saturated rings. The second-order valence-corrected chi connectivity index (χ2v) is 6.08. The molecule has 2 aromatic rings. The first-order chi connectivity index (χ1) is 12.0. The molecule has 0 saturated carbocycles. The topological polar surface area (TPSA) is 75.2 Å². The van der Waals surface area contributed by atoms with Crippen molar-refractivity contribution in [1.29, 1.82) is 0 Å². The Bertz CT molecular complexity index is 718. The fraction of sp³-hybridized carbons (Fsp3) is 0.368. The van der Waals surface area contributed by atoms with E-state index in [1.165, 1.54) is 12.4 Å². The molecule has 2 heterocycles. The minimum atomic E-state index is -0.212. The van der Waals surface area contributed by atoms with Crippen LogP contribution in [0.4, 0.5) is 0 Å². The van der Waals surface area contributed by atoms with E-state index in [4.69, 9.17) is 0 Å². The molecule has 0 aliphatic carbocycles. The number of amides is 2. The predicted octanol–water partition coefficient (Wildman–Crippen LogP) is 2.32. The van der Waals surface area contributed by atoms with Crippen LogP contribution in [-0.4, -0.2) is 46.3 Å². The summed E-state index contributed by atoms with van der Waals surface area (Å²) in [5, 5.41) is 2.88. The Kier molecular flexibility index (Phi) is 6.62. The molecule has 1 atom stereocenters. The fourth-order valence-corrected chi connectivity index (χ4v) is 2.26. The van der Waals surface area contributed by atoms with Gasteiger partial charge in [-0.3, -0.25) is 19.6 Å². The third kappa shape index (κ3) is 5.38. The summed E-state index contributed by atoms with van der Waals surface area (Å²) in [6.07, 6.45) is 8.03. The Morgan fingerprint density at radius 2 is 1.84 bits per heavy atom. The van der Waals surface area contributed by atoms with E-state index < -0.39 is 0 Å². The average Bonchev–Trinajstić information content (AvgIpc) is 2.66. The van der Waals surface area contributed by atoms with E-state index in [0.717, 1.165) is 18.4 Å². The van der Waals surface area contributed by atoms with E-state index in [9.17, 15) is 9.59 Å². The molecule has 2 rings (SSSR count). The van der Waals surface area contributed by atoms with Gasteiger partial charge >= 0.3 is 0 Å². The Hall–Kier alpha value is -2.76. The molecule has 0 aromatic carbocycles. The summed E-state index contributed by atoms with van der Waals surface area (Å²) in [6.45, 7) is 4.51. The van der Waals surface area contributed by atoms with E-state index in [-0.39, 0.29) is 17.9 Å². The maximum absolute atomic E-state index is 12.6. The van der Waals surface area contributed by atoms with Crippen molar-refractivity contribution in [1.82, 2.24) is 20.2 Å². The highest BCUT2D eigenvalue weighted by atomic mass is 16.2. The summed E-state index contributed by atoms with van der Waals surface area (Å²) in [7, 11) is 1.75. The Balaban J connectivity index is 2.01. The van der Waals surface area contributed by atoms with Crippen molar-refractivity contribution in [3.8, 4) is 0 Å². The van der Waals surface area contributed by atoms with Gasteiger partial charge in [0.15, 0.2) is 0 Å². The number of rotatable bonds is 7. The van der Waals surface area contributed by atoms with Crippen molar-refractivity contribution in [2.75, 3.05) is 13.6 Å². The first-order valence-electron chi connectivity index (χ1n) is 8.41. The van der Waals surface area contributed by atoms with Crippen LogP contribution in [0, 0.1) is 0 Å². The average molecular weight is 340 g/mol. The number of hydrogen-bond acceptors (Lipinski definition) is 4. The van der Waals surface area contributed by atoms with Crippen molar-refractivity contribution in [2.45, 2.75) is 32.7 Å². The summed E-state index contributed by atoms with van der Waals surface area (Å²) in [5.41, 5.74) is 1.93. The molecule has 0 aliphatic heterocycles. The molecular weight excluding hydrogens is 316 g/mol. The number of pyridine rings is 2. The summed E-state index contributed by atoms with van der Waals surface area (Å²) < 4.78 is 0. The molecule has 0 radical (unpaired) electrons. The molecule has 1 N–H and O–H groups in total. The van der Waals surface area contributed by atoms with Crippen LogP contribution < -0.4 is 5.32 Å². The quantitative estimate of drug-likeness (QED) is 0.839. The normalized spacial score (nSPS) is 11.6. The minimum absolute atomic E-state index is 0.0786. The molecule has 25 heavy (non-hydrogen) atoms. The lowest BCUT2D eigenvalue weighted by molar-refractivity contribution is 0.0796. The van der Waals surface area contributed by atoms with Crippen LogP contribution in [0.15, 0.2) is 43.0 Å². The van der Waals surface area contributed by atoms with E-state index in [0.29, 0.717) is 17.7 Å². The number of likely N-dealkylation sites (N-methyl/N-ethyl adjacent to an activating group) is 1. The van der Waals surface area contributed by atoms with Gasteiger partial charge < -0.3 is 10.2 Å². The van der Waals surface area contributed by atoms with Gasteiger partial charge in [-0.1, -0.05) is 6.92 Å². The molecule has 132 valence electrons. The third-order valence-corrected chi connectivity index (χ3v) is 4.07. The lowest BCUT2D eigenvalue weighted by atomic mass is 10.1. The summed E-state index contributed by atoms with van der Waals surface area (Å²) in [5.74, 6) is -0.365. The van der Waals surface area contributed by atoms with Gasteiger partial charge in [0, 0.05) is 44.4 Å². The number of aromatic nitrogens is 2. The van der Waals surface area contributed by atoms with Gasteiger partial charge in [0.25, 0.3) is 11.8 Å². The molecule has 0 aliphatic rings. The smallest absolute Gasteiger partial charge is 0.255 e. The number of carbonyl (C=O) groups excluding carboxylic acids is 2. The molecule has 2 aromatic heterocycles. The predicted molar refractivity (Wildman–Crippen MR) is 96.4 cm³/mol. The van der Waals surface area contributed by atoms with E-state index >= 15 is 0 Å². The largest absolute Gasteiger partial charge is 0.350 e. The fourth-order valence-electron chi connectivity index (χ4n) is 2.26. The van der Waals surface area contributed by atoms with Crippen molar-refractivity contribution in [3.63, 3.8) is 0 Å². The van der Waals surface area contributed by atoms with Crippen LogP contribution >= 0.6 is 0 Å². The Morgan fingerprint density at radius 1 is 1.16 bits per heavy atom. The highest BCUT2D eigenvalue weighted by Gasteiger charge is 2.15. The second-order valence-electron chi connectivity index (χ2n) is 6.08. The summed E-state index contributed by atoms with van der Waals surface area (Å²) >= 11 is 0. The highest BCUT2D eigenvalue weighted by Crippen LogP contribution is 2.08. The van der Waals surface area contributed by atoms with Gasteiger partial charge in [-0.25, -0.2) is 0 Å². The maximum Gasteiger partial charge on any atom is 0.255 e. The molecule has 1 unspecified atom stereocenters. The van der Waals surface area contributed by atoms with Gasteiger partial charge in [-0.15, -0.1) is 0 Å². The number of carbonyl (C=O) groups is 2. The molecule has 6 nitrogen and oxygen atoms in total. The van der Waals surface area contributed by atoms with Crippen molar-refractivity contribution < 1.29 is 9.59 Å².